The summed E-state index contributed by atoms with van der Waals surface area (Å²) in [6, 6.07) is 0. The molecular weight excluding hydrogens is 364 g/mol. The van der Waals surface area contributed by atoms with Gasteiger partial charge in [-0.05, 0) is 12.3 Å². The van der Waals surface area contributed by atoms with Gasteiger partial charge in [-0.25, -0.2) is 0 Å². The van der Waals surface area contributed by atoms with Crippen LogP contribution in [0.5, 0.6) is 0 Å². The molecule has 0 amide bonds. The summed E-state index contributed by atoms with van der Waals surface area (Å²) < 4.78 is 0. The average Bonchev–Trinajstić information content (AvgIpc) is 3.28. The molecule has 0 saturated heterocycles. The molecule has 1 atom stereocenters. The van der Waals surface area contributed by atoms with Crippen molar-refractivity contribution in [3.05, 3.63) is 6.17 Å². The van der Waals surface area contributed by atoms with Crippen LogP contribution in [0, 0.1) is 12.1 Å². The Morgan fingerprint density at radius 2 is 0.933 bits per heavy atom. The summed E-state index contributed by atoms with van der Waals surface area (Å²) in [5, 5.41) is 0. The van der Waals surface area contributed by atoms with Crippen molar-refractivity contribution in [1.29, 1.82) is 0 Å². The van der Waals surface area contributed by atoms with E-state index in [9.17, 15) is 0 Å². The zero-order valence-corrected chi connectivity index (χ0v) is 20.7. The first-order valence-electron chi connectivity index (χ1n) is 13.8. The highest BCUT2D eigenvalue weighted by atomic mass is 15.0. The van der Waals surface area contributed by atoms with Crippen LogP contribution in [0.3, 0.4) is 0 Å². The Bertz CT molecular complexity index is 389. The third-order valence-electron chi connectivity index (χ3n) is 6.82. The molecule has 0 saturated carbocycles. The highest BCUT2D eigenvalue weighted by Crippen LogP contribution is 2.23. The van der Waals surface area contributed by atoms with Gasteiger partial charge in [-0.1, -0.05) is 152 Å². The summed E-state index contributed by atoms with van der Waals surface area (Å²) in [7, 11) is 0. The molecule has 0 aromatic rings. The second kappa shape index (κ2) is 21.4. The molecule has 0 fully saturated rings. The maximum atomic E-state index is 4.26. The molecule has 1 unspecified atom stereocenters. The predicted octanol–water partition coefficient (Wildman–Crippen LogP) is 9.87. The smallest absolute Gasteiger partial charge is 0.0968 e. The number of aliphatic imine (C=N–C) groups is 2. The van der Waals surface area contributed by atoms with Crippen molar-refractivity contribution < 1.29 is 0 Å². The van der Waals surface area contributed by atoms with E-state index in [-0.39, 0.29) is 0 Å². The highest BCUT2D eigenvalue weighted by molar-refractivity contribution is 6.18. The van der Waals surface area contributed by atoms with Crippen LogP contribution in [0.2, 0.25) is 0 Å². The molecule has 2 heteroatoms. The van der Waals surface area contributed by atoms with E-state index in [1.54, 1.807) is 12.4 Å². The second-order valence-electron chi connectivity index (χ2n) is 9.58. The normalized spacial score (nSPS) is 14.1. The zero-order valence-electron chi connectivity index (χ0n) is 20.7. The minimum absolute atomic E-state index is 0.960. The van der Waals surface area contributed by atoms with Gasteiger partial charge >= 0.3 is 0 Å². The molecule has 2 nitrogen and oxygen atoms in total. The number of rotatable bonds is 23. The summed E-state index contributed by atoms with van der Waals surface area (Å²) in [5.41, 5.74) is 0. The van der Waals surface area contributed by atoms with Crippen molar-refractivity contribution in [2.45, 2.75) is 155 Å². The maximum Gasteiger partial charge on any atom is 0.240 e. The Morgan fingerprint density at radius 1 is 0.533 bits per heavy atom. The second-order valence-corrected chi connectivity index (χ2v) is 9.58. The van der Waals surface area contributed by atoms with Gasteiger partial charge in [0, 0.05) is 0 Å². The Hall–Kier alpha value is -0.790. The van der Waals surface area contributed by atoms with Crippen LogP contribution in [-0.2, 0) is 0 Å². The number of hydrogen-bond donors (Lipinski definition) is 0. The first kappa shape index (κ1) is 27.2. The van der Waals surface area contributed by atoms with Crippen molar-refractivity contribution in [2.24, 2.45) is 15.9 Å². The average molecular weight is 418 g/mol. The van der Waals surface area contributed by atoms with Gasteiger partial charge in [0.1, 0.15) is 0 Å². The molecular formula is C28H53N2+. The molecule has 0 N–H and O–H groups in total. The third-order valence-corrected chi connectivity index (χ3v) is 6.82. The van der Waals surface area contributed by atoms with E-state index >= 15 is 0 Å². The molecule has 174 valence electrons. The fourth-order valence-corrected chi connectivity index (χ4v) is 4.65. The lowest BCUT2D eigenvalue weighted by molar-refractivity contribution is 0.393. The van der Waals surface area contributed by atoms with Crippen molar-refractivity contribution in [1.82, 2.24) is 0 Å². The van der Waals surface area contributed by atoms with Crippen LogP contribution in [0.1, 0.15) is 155 Å². The van der Waals surface area contributed by atoms with E-state index in [1.807, 2.05) is 0 Å². The largest absolute Gasteiger partial charge is 0.240 e. The molecule has 1 aliphatic heterocycles. The van der Waals surface area contributed by atoms with Crippen LogP contribution >= 0.6 is 0 Å². The Balaban J connectivity index is 1.77. The molecule has 0 bridgehead atoms. The number of unbranched alkanes of at least 4 members (excludes halogenated alkanes) is 16. The van der Waals surface area contributed by atoms with E-state index in [0.717, 1.165) is 18.5 Å². The quantitative estimate of drug-likeness (QED) is 0.117. The van der Waals surface area contributed by atoms with Gasteiger partial charge < -0.3 is 0 Å². The van der Waals surface area contributed by atoms with Crippen LogP contribution in [0.25, 0.3) is 0 Å². The van der Waals surface area contributed by atoms with Gasteiger partial charge in [-0.2, -0.15) is 0 Å². The Labute approximate surface area is 189 Å². The van der Waals surface area contributed by atoms with E-state index in [0.29, 0.717) is 0 Å². The first-order chi connectivity index (χ1) is 14.9. The summed E-state index contributed by atoms with van der Waals surface area (Å²) >= 11 is 0. The number of nitrogens with zero attached hydrogens (tertiary/aromatic N) is 2. The molecule has 0 aromatic carbocycles. The van der Waals surface area contributed by atoms with E-state index in [1.165, 1.54) is 135 Å². The SMILES string of the molecule is CCCCCCCCCCCCCCCCCC(CC)CCCCC[C+]1N=CC=N1. The van der Waals surface area contributed by atoms with Gasteiger partial charge in [0.05, 0.1) is 6.42 Å². The fourth-order valence-electron chi connectivity index (χ4n) is 4.65. The monoisotopic (exact) mass is 417 g/mol. The topological polar surface area (TPSA) is 24.7 Å². The summed E-state index contributed by atoms with van der Waals surface area (Å²) in [6.07, 6.45) is 35.8. The number of hydrogen-bond acceptors (Lipinski definition) is 2. The lowest BCUT2D eigenvalue weighted by atomic mass is 9.92. The van der Waals surface area contributed by atoms with Crippen LogP contribution in [0.15, 0.2) is 9.98 Å². The van der Waals surface area contributed by atoms with Gasteiger partial charge in [0.15, 0.2) is 12.4 Å². The zero-order chi connectivity index (χ0) is 21.5. The minimum Gasteiger partial charge on any atom is -0.0968 e. The highest BCUT2D eigenvalue weighted by Gasteiger charge is 2.14. The molecule has 1 rings (SSSR count). The van der Waals surface area contributed by atoms with Gasteiger partial charge in [0.2, 0.25) is 6.17 Å². The minimum atomic E-state index is 0.960. The molecule has 0 aromatic heterocycles. The molecule has 1 aliphatic rings. The summed E-state index contributed by atoms with van der Waals surface area (Å²) in [6.45, 7) is 4.68. The van der Waals surface area contributed by atoms with E-state index < -0.39 is 0 Å². The molecule has 1 heterocycles. The summed E-state index contributed by atoms with van der Waals surface area (Å²) in [4.78, 5) is 8.52. The van der Waals surface area contributed by atoms with Gasteiger partial charge in [-0.15, -0.1) is 0 Å². The molecule has 0 spiro atoms. The summed E-state index contributed by atoms with van der Waals surface area (Å²) in [5.74, 6) is 0.960. The lowest BCUT2D eigenvalue weighted by Gasteiger charge is -2.14. The maximum absolute atomic E-state index is 4.26. The predicted molar refractivity (Wildman–Crippen MR) is 137 cm³/mol. The molecule has 0 aliphatic carbocycles. The van der Waals surface area contributed by atoms with Crippen molar-refractivity contribution in [2.75, 3.05) is 0 Å². The van der Waals surface area contributed by atoms with Gasteiger partial charge in [-0.3, -0.25) is 0 Å². The van der Waals surface area contributed by atoms with Crippen LogP contribution < -0.4 is 0 Å². The standard InChI is InChI=1S/C28H53N2/c1-3-5-6-7-8-9-10-11-12-13-14-15-16-17-19-22-27(4-2)23-20-18-21-24-28-29-25-26-30-28/h25-27H,3-24H2,1-2H3/q+1. The van der Waals surface area contributed by atoms with Crippen molar-refractivity contribution in [3.63, 3.8) is 0 Å². The lowest BCUT2D eigenvalue weighted by Crippen LogP contribution is -1.99. The van der Waals surface area contributed by atoms with Crippen LogP contribution in [-0.4, -0.2) is 12.4 Å². The first-order valence-corrected chi connectivity index (χ1v) is 13.8. The van der Waals surface area contributed by atoms with E-state index in [4.69, 9.17) is 0 Å². The van der Waals surface area contributed by atoms with Crippen molar-refractivity contribution in [3.8, 4) is 0 Å². The van der Waals surface area contributed by atoms with Crippen molar-refractivity contribution >= 4 is 12.4 Å². The third kappa shape index (κ3) is 16.9. The fraction of sp³-hybridized carbons (Fsp3) is 0.893. The van der Waals surface area contributed by atoms with E-state index in [2.05, 4.69) is 23.8 Å². The molecule has 0 radical (unpaired) electrons. The van der Waals surface area contributed by atoms with Gasteiger partial charge in [0.25, 0.3) is 0 Å². The van der Waals surface area contributed by atoms with Crippen LogP contribution in [0.4, 0.5) is 0 Å². The Kier molecular flexibility index (Phi) is 19.5. The molecule has 30 heavy (non-hydrogen) atoms. The Morgan fingerprint density at radius 3 is 1.37 bits per heavy atom.